The number of nitrogens with one attached hydrogen (secondary N) is 1. The molecule has 0 bridgehead atoms. The second-order valence-electron chi connectivity index (χ2n) is 10.3. The van der Waals surface area contributed by atoms with Gasteiger partial charge < -0.3 is 20.2 Å². The zero-order chi connectivity index (χ0) is 24.6. The Morgan fingerprint density at radius 3 is 2.80 bits per heavy atom. The molecule has 4 rings (SSSR count). The highest BCUT2D eigenvalue weighted by Gasteiger charge is 2.42. The number of fused-ring (bicyclic) bond motifs is 1. The summed E-state index contributed by atoms with van der Waals surface area (Å²) in [5, 5.41) is 14.0. The molecule has 3 amide bonds. The van der Waals surface area contributed by atoms with E-state index in [-0.39, 0.29) is 28.7 Å². The molecule has 4 unspecified atom stereocenters. The second kappa shape index (κ2) is 13.0. The lowest BCUT2D eigenvalue weighted by Gasteiger charge is -2.44. The third kappa shape index (κ3) is 6.92. The van der Waals surface area contributed by atoms with Gasteiger partial charge in [0.1, 0.15) is 0 Å². The molecule has 35 heavy (non-hydrogen) atoms. The molecule has 2 N–H and O–H groups in total. The van der Waals surface area contributed by atoms with Gasteiger partial charge in [-0.05, 0) is 36.8 Å². The Labute approximate surface area is 214 Å². The van der Waals surface area contributed by atoms with Crippen LogP contribution >= 0.6 is 11.8 Å². The normalized spacial score (nSPS) is 26.5. The minimum Gasteiger partial charge on any atom is -0.391 e. The maximum Gasteiger partial charge on any atom is 0.317 e. The number of unbranched alkanes of at least 4 members (excludes halogenated alkanes) is 3. The molecule has 0 aromatic heterocycles. The van der Waals surface area contributed by atoms with Crippen LogP contribution in [0.15, 0.2) is 24.3 Å². The van der Waals surface area contributed by atoms with Gasteiger partial charge in [0.05, 0.1) is 6.10 Å². The number of aliphatic hydroxyl groups is 1. The number of amides is 3. The number of benzene rings is 1. The van der Waals surface area contributed by atoms with Crippen molar-refractivity contribution < 1.29 is 14.7 Å². The van der Waals surface area contributed by atoms with E-state index in [2.05, 4.69) is 41.4 Å². The Morgan fingerprint density at radius 2 is 2.03 bits per heavy atom. The SMILES string of the molecule is CCCCCCN(C=O)C1CCCN(C(=O)NCC2SC(CN3CCc4ccccc4C3)C2O)C1. The predicted molar refractivity (Wildman–Crippen MR) is 142 cm³/mol. The number of urea groups is 1. The number of carbonyl (C=O) groups is 2. The van der Waals surface area contributed by atoms with Crippen molar-refractivity contribution in [1.82, 2.24) is 20.0 Å². The number of rotatable bonds is 11. The van der Waals surface area contributed by atoms with Gasteiger partial charge in [-0.25, -0.2) is 4.79 Å². The van der Waals surface area contributed by atoms with Crippen LogP contribution in [-0.4, -0.2) is 94.2 Å². The number of nitrogens with zero attached hydrogens (tertiary/aromatic N) is 3. The standard InChI is InChI=1S/C27H42N4O3S/c1-2-3-4-7-13-31(20-32)23-11-8-14-30(18-23)27(34)28-16-24-26(33)25(35-24)19-29-15-12-21-9-5-6-10-22(21)17-29/h5-6,9-10,20,23-26,33H,2-4,7-8,11-19H2,1H3,(H,28,34). The van der Waals surface area contributed by atoms with Crippen LogP contribution in [0.2, 0.25) is 0 Å². The molecule has 8 heteroatoms. The van der Waals surface area contributed by atoms with E-state index in [4.69, 9.17) is 0 Å². The first-order valence-electron chi connectivity index (χ1n) is 13.5. The molecule has 2 fully saturated rings. The molecule has 0 saturated carbocycles. The summed E-state index contributed by atoms with van der Waals surface area (Å²) in [6.07, 6.45) is 8.06. The highest BCUT2D eigenvalue weighted by atomic mass is 32.2. The molecule has 0 spiro atoms. The van der Waals surface area contributed by atoms with Gasteiger partial charge in [-0.1, -0.05) is 50.5 Å². The first kappa shape index (κ1) is 26.3. The number of carbonyl (C=O) groups excluding carboxylic acids is 2. The molecular weight excluding hydrogens is 460 g/mol. The summed E-state index contributed by atoms with van der Waals surface area (Å²) in [6.45, 7) is 7.64. The molecule has 0 aliphatic carbocycles. The summed E-state index contributed by atoms with van der Waals surface area (Å²) in [4.78, 5) is 30.7. The van der Waals surface area contributed by atoms with Gasteiger partial charge >= 0.3 is 6.03 Å². The van der Waals surface area contributed by atoms with E-state index in [9.17, 15) is 14.7 Å². The number of piperidine rings is 1. The van der Waals surface area contributed by atoms with Crippen molar-refractivity contribution in [2.75, 3.05) is 39.3 Å². The zero-order valence-electron chi connectivity index (χ0n) is 21.1. The summed E-state index contributed by atoms with van der Waals surface area (Å²) < 4.78 is 0. The van der Waals surface area contributed by atoms with Crippen LogP contribution in [0.1, 0.15) is 56.6 Å². The van der Waals surface area contributed by atoms with Crippen LogP contribution in [0.5, 0.6) is 0 Å². The van der Waals surface area contributed by atoms with Gasteiger partial charge in [-0.15, -0.1) is 11.8 Å². The average Bonchev–Trinajstić information content (AvgIpc) is 2.90. The smallest absolute Gasteiger partial charge is 0.317 e. The van der Waals surface area contributed by atoms with Crippen molar-refractivity contribution in [1.29, 1.82) is 0 Å². The van der Waals surface area contributed by atoms with E-state index in [0.29, 0.717) is 13.1 Å². The number of aliphatic hydroxyl groups excluding tert-OH is 1. The van der Waals surface area contributed by atoms with Crippen LogP contribution in [0.25, 0.3) is 0 Å². The minimum atomic E-state index is -0.389. The fourth-order valence-corrected chi connectivity index (χ4v) is 6.93. The molecule has 1 aromatic carbocycles. The average molecular weight is 503 g/mol. The zero-order valence-corrected chi connectivity index (χ0v) is 21.9. The summed E-state index contributed by atoms with van der Waals surface area (Å²) in [5.74, 6) is 0. The molecular formula is C27H42N4O3S. The summed E-state index contributed by atoms with van der Waals surface area (Å²) in [5.41, 5.74) is 2.84. The van der Waals surface area contributed by atoms with Gasteiger partial charge in [0.15, 0.2) is 0 Å². The van der Waals surface area contributed by atoms with Gasteiger partial charge in [0.25, 0.3) is 0 Å². The number of hydrogen-bond acceptors (Lipinski definition) is 5. The number of thioether (sulfide) groups is 1. The van der Waals surface area contributed by atoms with Crippen molar-refractivity contribution in [3.05, 3.63) is 35.4 Å². The van der Waals surface area contributed by atoms with Gasteiger partial charge in [-0.3, -0.25) is 9.69 Å². The third-order valence-electron chi connectivity index (χ3n) is 7.77. The lowest BCUT2D eigenvalue weighted by Crippen LogP contribution is -2.57. The molecule has 4 atom stereocenters. The van der Waals surface area contributed by atoms with E-state index in [1.807, 2.05) is 9.80 Å². The minimum absolute atomic E-state index is 0.0478. The van der Waals surface area contributed by atoms with Gasteiger partial charge in [-0.2, -0.15) is 0 Å². The Bertz CT molecular complexity index is 840. The summed E-state index contributed by atoms with van der Waals surface area (Å²) in [7, 11) is 0. The van der Waals surface area contributed by atoms with E-state index in [0.717, 1.165) is 71.2 Å². The highest BCUT2D eigenvalue weighted by molar-refractivity contribution is 8.02. The molecule has 3 heterocycles. The molecule has 1 aromatic rings. The van der Waals surface area contributed by atoms with E-state index in [1.54, 1.807) is 11.8 Å². The molecule has 2 saturated heterocycles. The van der Waals surface area contributed by atoms with Crippen molar-refractivity contribution in [3.8, 4) is 0 Å². The fourth-order valence-electron chi connectivity index (χ4n) is 5.57. The monoisotopic (exact) mass is 502 g/mol. The molecule has 7 nitrogen and oxygen atoms in total. The molecule has 0 radical (unpaired) electrons. The maximum atomic E-state index is 12.8. The third-order valence-corrected chi connectivity index (χ3v) is 9.34. The topological polar surface area (TPSA) is 76.1 Å². The Balaban J connectivity index is 1.16. The first-order valence-corrected chi connectivity index (χ1v) is 14.4. The number of likely N-dealkylation sites (tertiary alicyclic amines) is 1. The Hall–Kier alpha value is -1.77. The summed E-state index contributed by atoms with van der Waals surface area (Å²) in [6, 6.07) is 8.66. The van der Waals surface area contributed by atoms with Crippen LogP contribution in [0.3, 0.4) is 0 Å². The molecule has 194 valence electrons. The molecule has 3 aliphatic rings. The summed E-state index contributed by atoms with van der Waals surface area (Å²) >= 11 is 1.79. The van der Waals surface area contributed by atoms with E-state index in [1.165, 1.54) is 24.0 Å². The van der Waals surface area contributed by atoms with Crippen molar-refractivity contribution >= 4 is 24.2 Å². The van der Waals surface area contributed by atoms with Gasteiger partial charge in [0, 0.05) is 62.4 Å². The number of hydrogen-bond donors (Lipinski definition) is 2. The van der Waals surface area contributed by atoms with E-state index >= 15 is 0 Å². The maximum absolute atomic E-state index is 12.8. The van der Waals surface area contributed by atoms with Crippen molar-refractivity contribution in [3.63, 3.8) is 0 Å². The lowest BCUT2D eigenvalue weighted by atomic mass is 9.99. The van der Waals surface area contributed by atoms with Crippen LogP contribution in [-0.2, 0) is 17.8 Å². The fraction of sp³-hybridized carbons (Fsp3) is 0.704. The van der Waals surface area contributed by atoms with Crippen molar-refractivity contribution in [2.45, 2.75) is 81.1 Å². The quantitative estimate of drug-likeness (QED) is 0.359. The predicted octanol–water partition coefficient (Wildman–Crippen LogP) is 3.10. The Kier molecular flexibility index (Phi) is 9.75. The second-order valence-corrected chi connectivity index (χ2v) is 11.8. The van der Waals surface area contributed by atoms with Crippen LogP contribution in [0.4, 0.5) is 4.79 Å². The van der Waals surface area contributed by atoms with E-state index < -0.39 is 0 Å². The first-order chi connectivity index (χ1) is 17.1. The van der Waals surface area contributed by atoms with Crippen molar-refractivity contribution in [2.24, 2.45) is 0 Å². The van der Waals surface area contributed by atoms with Crippen LogP contribution < -0.4 is 5.32 Å². The van der Waals surface area contributed by atoms with Crippen LogP contribution in [0, 0.1) is 0 Å². The Morgan fingerprint density at radius 1 is 1.20 bits per heavy atom. The van der Waals surface area contributed by atoms with Gasteiger partial charge in [0.2, 0.25) is 6.41 Å². The largest absolute Gasteiger partial charge is 0.391 e. The highest BCUT2D eigenvalue weighted by Crippen LogP contribution is 2.37. The lowest BCUT2D eigenvalue weighted by molar-refractivity contribution is -0.121. The molecule has 3 aliphatic heterocycles.